The summed E-state index contributed by atoms with van der Waals surface area (Å²) in [6.07, 6.45) is -22.9. The van der Waals surface area contributed by atoms with Crippen LogP contribution in [0.5, 0.6) is 0 Å². The van der Waals surface area contributed by atoms with Gasteiger partial charge < -0.3 is 19.6 Å². The quantitative estimate of drug-likeness (QED) is 0.0338. The average Bonchev–Trinajstić information content (AvgIpc) is 2.99. The Bertz CT molecular complexity index is 1160. The second-order valence-electron chi connectivity index (χ2n) is 13.9. The Morgan fingerprint density at radius 3 is 0.768 bits per heavy atom. The van der Waals surface area contributed by atoms with Gasteiger partial charge in [-0.05, 0) is 37.5 Å². The zero-order valence-corrected chi connectivity index (χ0v) is 31.4. The van der Waals surface area contributed by atoms with E-state index >= 15 is 0 Å². The van der Waals surface area contributed by atoms with Crippen LogP contribution < -0.4 is 0 Å². The van der Waals surface area contributed by atoms with Gasteiger partial charge in [-0.25, -0.2) is 0 Å². The summed E-state index contributed by atoms with van der Waals surface area (Å²) in [7, 11) is -8.63. The molecule has 0 amide bonds. The molecule has 0 aliphatic carbocycles. The van der Waals surface area contributed by atoms with Crippen LogP contribution in [0.1, 0.15) is 116 Å². The van der Waals surface area contributed by atoms with Crippen molar-refractivity contribution in [2.45, 2.75) is 163 Å². The van der Waals surface area contributed by atoms with Gasteiger partial charge in [0.05, 0.1) is 0 Å². The van der Waals surface area contributed by atoms with Gasteiger partial charge in [0, 0.05) is 25.2 Å². The van der Waals surface area contributed by atoms with Gasteiger partial charge in [0.2, 0.25) is 0 Å². The van der Waals surface area contributed by atoms with E-state index in [1.165, 1.54) is 0 Å². The largest absolute Gasteiger partial charge is 0.460 e. The van der Waals surface area contributed by atoms with Crippen molar-refractivity contribution in [3.8, 4) is 0 Å². The summed E-state index contributed by atoms with van der Waals surface area (Å²) >= 11 is 0. The maximum absolute atomic E-state index is 14.9. The van der Waals surface area contributed by atoms with Crippen molar-refractivity contribution >= 4 is 15.2 Å². The monoisotopic (exact) mass is 906 g/mol. The van der Waals surface area contributed by atoms with Crippen LogP contribution in [-0.4, -0.2) is 79.8 Å². The van der Waals surface area contributed by atoms with E-state index in [-0.39, 0.29) is 64.2 Å². The summed E-state index contributed by atoms with van der Waals surface area (Å²) in [6, 6.07) is 0. The minimum atomic E-state index is -7.46. The van der Waals surface area contributed by atoms with E-state index < -0.39 is 126 Å². The van der Waals surface area contributed by atoms with E-state index in [1.807, 2.05) is 0 Å². The molecule has 0 spiro atoms. The molecule has 0 aromatic rings. The lowest BCUT2D eigenvalue weighted by Crippen LogP contribution is -2.62. The van der Waals surface area contributed by atoms with Gasteiger partial charge in [0.25, 0.3) is 0 Å². The van der Waals surface area contributed by atoms with Crippen molar-refractivity contribution in [2.24, 2.45) is 11.8 Å². The highest BCUT2D eigenvalue weighted by molar-refractivity contribution is 7.52. The summed E-state index contributed by atoms with van der Waals surface area (Å²) in [6.45, 7) is 0. The van der Waals surface area contributed by atoms with Crippen LogP contribution in [0.15, 0.2) is 0 Å². The average molecular weight is 907 g/mol. The highest BCUT2D eigenvalue weighted by Crippen LogP contribution is 2.58. The molecule has 0 saturated heterocycles. The molecule has 0 bridgehead atoms. The van der Waals surface area contributed by atoms with Gasteiger partial charge in [-0.2, -0.15) is 79.0 Å². The molecular weight excluding hydrogens is 860 g/mol. The van der Waals surface area contributed by atoms with E-state index in [2.05, 4.69) is 0 Å². The van der Waals surface area contributed by atoms with Gasteiger partial charge >= 0.3 is 63.1 Å². The fourth-order valence-corrected chi connectivity index (χ4v) is 7.23. The van der Waals surface area contributed by atoms with Crippen molar-refractivity contribution in [3.05, 3.63) is 0 Å². The fourth-order valence-electron chi connectivity index (χ4n) is 5.96. The summed E-state index contributed by atoms with van der Waals surface area (Å²) < 4.78 is 270. The molecule has 0 aromatic heterocycles. The Balaban J connectivity index is 6.51. The molecule has 0 aliphatic heterocycles. The van der Waals surface area contributed by atoms with Crippen LogP contribution >= 0.6 is 15.2 Å². The second kappa shape index (κ2) is 21.0. The third-order valence-electron chi connectivity index (χ3n) is 9.17. The van der Waals surface area contributed by atoms with Gasteiger partial charge in [-0.3, -0.25) is 9.13 Å². The lowest BCUT2D eigenvalue weighted by atomic mass is 9.75. The summed E-state index contributed by atoms with van der Waals surface area (Å²) in [5.41, 5.74) is 0. The van der Waals surface area contributed by atoms with Crippen LogP contribution in [0, 0.1) is 11.8 Å². The third-order valence-corrected chi connectivity index (χ3v) is 11.0. The molecule has 2 unspecified atom stereocenters. The van der Waals surface area contributed by atoms with Crippen molar-refractivity contribution in [1.29, 1.82) is 0 Å². The predicted octanol–water partition coefficient (Wildman–Crippen LogP) is 12.5. The van der Waals surface area contributed by atoms with Gasteiger partial charge in [-0.1, -0.05) is 77.0 Å². The summed E-state index contributed by atoms with van der Waals surface area (Å²) in [5.74, 6) is -47.7. The van der Waals surface area contributed by atoms with Gasteiger partial charge in [0.1, 0.15) is 0 Å². The number of halogens is 18. The summed E-state index contributed by atoms with van der Waals surface area (Å²) in [5, 5.41) is 0. The molecule has 0 rings (SSSR count). The van der Waals surface area contributed by atoms with E-state index in [9.17, 15) is 88.2 Å². The summed E-state index contributed by atoms with van der Waals surface area (Å²) in [4.78, 5) is 35.4. The van der Waals surface area contributed by atoms with Crippen LogP contribution in [0.2, 0.25) is 0 Å². The van der Waals surface area contributed by atoms with E-state index in [0.717, 1.165) is 0 Å². The second-order valence-corrected chi connectivity index (χ2v) is 17.5. The number of rotatable bonds is 29. The minimum Gasteiger partial charge on any atom is -0.324 e. The number of hydrogen-bond donors (Lipinski definition) is 4. The molecule has 2 atom stereocenters. The van der Waals surface area contributed by atoms with Gasteiger partial charge in [0.15, 0.2) is 0 Å². The molecule has 56 heavy (non-hydrogen) atoms. The predicted molar refractivity (Wildman–Crippen MR) is 166 cm³/mol. The van der Waals surface area contributed by atoms with Gasteiger partial charge in [-0.15, -0.1) is 0 Å². The zero-order valence-electron chi connectivity index (χ0n) is 29.6. The third kappa shape index (κ3) is 16.6. The number of unbranched alkanes of at least 4 members (excludes halogenated alkanes) is 12. The molecule has 6 nitrogen and oxygen atoms in total. The molecule has 0 heterocycles. The van der Waals surface area contributed by atoms with Crippen molar-refractivity contribution in [1.82, 2.24) is 0 Å². The molecule has 0 radical (unpaired) electrons. The maximum atomic E-state index is 14.9. The first-order valence-electron chi connectivity index (χ1n) is 17.4. The highest BCUT2D eigenvalue weighted by atomic mass is 31.2. The molecule has 0 aromatic carbocycles. The lowest BCUT2D eigenvalue weighted by Gasteiger charge is -2.39. The fraction of sp³-hybridized carbons (Fsp3) is 1.00. The number of hydrogen-bond acceptors (Lipinski definition) is 2. The Hall–Kier alpha value is -0.960. The standard InChI is InChI=1S/C30H46F18O6P2/c31-23(32,25(35,36)27(39,40)29(43,44)45)19-21(15-11-7-3-1-5-9-13-17-55(49,50)51)22(16-12-8-4-2-6-10-14-18-56(52,53)54)20-24(33,34)26(37,38)28(41,42)30(46,47)48/h21-22H,1-20H2,(H2,49,50,51)(H2,52,53,54). The molecule has 0 fully saturated rings. The molecule has 338 valence electrons. The maximum Gasteiger partial charge on any atom is 0.460 e. The molecule has 0 aliphatic rings. The highest BCUT2D eigenvalue weighted by Gasteiger charge is 2.83. The van der Waals surface area contributed by atoms with Crippen LogP contribution in [-0.2, 0) is 9.13 Å². The first-order valence-corrected chi connectivity index (χ1v) is 21.0. The SMILES string of the molecule is O=P(O)(O)CCCCCCCCCC(CC(F)(F)C(F)(F)C(F)(F)C(F)(F)F)C(CCCCCCCCCP(=O)(O)O)CC(F)(F)C(F)(F)C(F)(F)C(F)(F)F. The first-order chi connectivity index (χ1) is 24.9. The molecule has 26 heteroatoms. The van der Waals surface area contributed by atoms with Crippen LogP contribution in [0.4, 0.5) is 79.0 Å². The van der Waals surface area contributed by atoms with Crippen molar-refractivity contribution < 1.29 is 108 Å². The Morgan fingerprint density at radius 2 is 0.554 bits per heavy atom. The van der Waals surface area contributed by atoms with E-state index in [0.29, 0.717) is 12.8 Å². The van der Waals surface area contributed by atoms with E-state index in [1.54, 1.807) is 0 Å². The van der Waals surface area contributed by atoms with Crippen molar-refractivity contribution in [2.75, 3.05) is 12.3 Å². The molecule has 4 N–H and O–H groups in total. The Kier molecular flexibility index (Phi) is 20.7. The van der Waals surface area contributed by atoms with E-state index in [4.69, 9.17) is 19.6 Å². The normalized spacial score (nSPS) is 16.0. The zero-order chi connectivity index (χ0) is 44.3. The van der Waals surface area contributed by atoms with Crippen LogP contribution in [0.3, 0.4) is 0 Å². The smallest absolute Gasteiger partial charge is 0.324 e. The number of alkyl halides is 18. The first kappa shape index (κ1) is 55.0. The van der Waals surface area contributed by atoms with Crippen molar-refractivity contribution in [3.63, 3.8) is 0 Å². The topological polar surface area (TPSA) is 115 Å². The van der Waals surface area contributed by atoms with Crippen LogP contribution in [0.25, 0.3) is 0 Å². The lowest BCUT2D eigenvalue weighted by molar-refractivity contribution is -0.400. The Labute approximate surface area is 310 Å². The minimum absolute atomic E-state index is 0.0583. The molecular formula is C30H46F18O6P2. The molecule has 0 saturated carbocycles. The Morgan fingerprint density at radius 1 is 0.339 bits per heavy atom.